The molecule has 66 valence electrons. The third-order valence-corrected chi connectivity index (χ3v) is 1.48. The van der Waals surface area contributed by atoms with Gasteiger partial charge in [-0.05, 0) is 13.0 Å². The summed E-state index contributed by atoms with van der Waals surface area (Å²) in [5.41, 5.74) is 0.704. The van der Waals surface area contributed by atoms with Crippen LogP contribution < -0.4 is 4.18 Å². The van der Waals surface area contributed by atoms with Gasteiger partial charge in [0.25, 0.3) is 5.88 Å². The number of hydrogen-bond donors (Lipinski definition) is 0. The number of nitrogens with zero attached hydrogens (tertiary/aromatic N) is 2. The summed E-state index contributed by atoms with van der Waals surface area (Å²) >= 11 is 0. The molecule has 0 atom stereocenters. The predicted octanol–water partition coefficient (Wildman–Crippen LogP) is 0.123. The zero-order valence-corrected chi connectivity index (χ0v) is 7.50. The van der Waals surface area contributed by atoms with E-state index in [1.807, 2.05) is 0 Å². The number of hydrogen-bond acceptors (Lipinski definition) is 5. The molecule has 0 radical (unpaired) electrons. The first-order chi connectivity index (χ1) is 5.47. The Morgan fingerprint density at radius 3 is 2.42 bits per heavy atom. The van der Waals surface area contributed by atoms with Crippen LogP contribution in [-0.4, -0.2) is 24.9 Å². The van der Waals surface area contributed by atoms with E-state index in [1.54, 1.807) is 13.0 Å². The van der Waals surface area contributed by atoms with E-state index < -0.39 is 10.1 Å². The monoisotopic (exact) mass is 188 g/mol. The third-order valence-electron chi connectivity index (χ3n) is 1.01. The molecule has 0 saturated heterocycles. The highest BCUT2D eigenvalue weighted by atomic mass is 32.2. The van der Waals surface area contributed by atoms with E-state index in [-0.39, 0.29) is 5.88 Å². The molecule has 1 heterocycles. The molecule has 0 aromatic carbocycles. The van der Waals surface area contributed by atoms with Crippen LogP contribution in [0.25, 0.3) is 0 Å². The highest BCUT2D eigenvalue weighted by molar-refractivity contribution is 7.86. The Morgan fingerprint density at radius 2 is 2.00 bits per heavy atom. The van der Waals surface area contributed by atoms with E-state index in [0.29, 0.717) is 5.69 Å². The quantitative estimate of drug-likeness (QED) is 0.617. The zero-order chi connectivity index (χ0) is 9.19. The molecule has 0 aliphatic rings. The molecule has 0 bridgehead atoms. The van der Waals surface area contributed by atoms with Gasteiger partial charge < -0.3 is 4.18 Å². The van der Waals surface area contributed by atoms with Crippen LogP contribution in [0.5, 0.6) is 5.88 Å². The van der Waals surface area contributed by atoms with Crippen molar-refractivity contribution >= 4 is 10.1 Å². The van der Waals surface area contributed by atoms with Crippen LogP contribution in [0.15, 0.2) is 12.1 Å². The first-order valence-corrected chi connectivity index (χ1v) is 4.99. The van der Waals surface area contributed by atoms with Crippen LogP contribution in [0.4, 0.5) is 0 Å². The first-order valence-electron chi connectivity index (χ1n) is 3.17. The van der Waals surface area contributed by atoms with E-state index in [0.717, 1.165) is 6.26 Å². The lowest BCUT2D eigenvalue weighted by Gasteiger charge is -1.99. The van der Waals surface area contributed by atoms with Gasteiger partial charge in [-0.2, -0.15) is 13.5 Å². The zero-order valence-electron chi connectivity index (χ0n) is 6.68. The van der Waals surface area contributed by atoms with Gasteiger partial charge in [0.2, 0.25) is 0 Å². The van der Waals surface area contributed by atoms with Gasteiger partial charge in [0.15, 0.2) is 0 Å². The summed E-state index contributed by atoms with van der Waals surface area (Å²) in [6, 6.07) is 3.07. The van der Waals surface area contributed by atoms with Crippen LogP contribution in [0.3, 0.4) is 0 Å². The van der Waals surface area contributed by atoms with Crippen LogP contribution >= 0.6 is 0 Å². The van der Waals surface area contributed by atoms with Gasteiger partial charge in [-0.3, -0.25) is 0 Å². The van der Waals surface area contributed by atoms with Crippen molar-refractivity contribution in [2.24, 2.45) is 0 Å². The molecule has 0 N–H and O–H groups in total. The number of rotatable bonds is 2. The SMILES string of the molecule is Cc1ccc(OS(C)(=O)=O)nn1. The number of aromatic nitrogens is 2. The molecule has 0 fully saturated rings. The molecule has 0 unspecified atom stereocenters. The molecule has 0 aliphatic heterocycles. The molecule has 1 aromatic heterocycles. The largest absolute Gasteiger partial charge is 0.360 e. The standard InChI is InChI=1S/C6H8N2O3S/c1-5-3-4-6(8-7-5)11-12(2,9)10/h3-4H,1-2H3. The summed E-state index contributed by atoms with van der Waals surface area (Å²) < 4.78 is 25.6. The highest BCUT2D eigenvalue weighted by Crippen LogP contribution is 2.05. The average molecular weight is 188 g/mol. The second-order valence-electron chi connectivity index (χ2n) is 2.30. The maximum Gasteiger partial charge on any atom is 0.307 e. The summed E-state index contributed by atoms with van der Waals surface area (Å²) in [7, 11) is -3.49. The van der Waals surface area contributed by atoms with Crippen LogP contribution in [-0.2, 0) is 10.1 Å². The Labute approximate surface area is 70.5 Å². The lowest BCUT2D eigenvalue weighted by molar-refractivity contribution is 0.477. The average Bonchev–Trinajstić information content (AvgIpc) is 1.91. The van der Waals surface area contributed by atoms with Crippen molar-refractivity contribution in [2.45, 2.75) is 6.92 Å². The summed E-state index contributed by atoms with van der Waals surface area (Å²) in [5.74, 6) is -0.0110. The van der Waals surface area contributed by atoms with Crippen LogP contribution in [0.1, 0.15) is 5.69 Å². The van der Waals surface area contributed by atoms with Gasteiger partial charge >= 0.3 is 10.1 Å². The van der Waals surface area contributed by atoms with Crippen molar-refractivity contribution in [1.29, 1.82) is 0 Å². The first kappa shape index (κ1) is 8.92. The Kier molecular flexibility index (Phi) is 2.27. The fourth-order valence-corrected chi connectivity index (χ4v) is 0.985. The van der Waals surface area contributed by atoms with Crippen molar-refractivity contribution in [3.05, 3.63) is 17.8 Å². The van der Waals surface area contributed by atoms with E-state index in [1.165, 1.54) is 6.07 Å². The number of aryl methyl sites for hydroxylation is 1. The smallest absolute Gasteiger partial charge is 0.307 e. The lowest BCUT2D eigenvalue weighted by Crippen LogP contribution is -2.07. The fraction of sp³-hybridized carbons (Fsp3) is 0.333. The molecule has 5 nitrogen and oxygen atoms in total. The van der Waals surface area contributed by atoms with Crippen molar-refractivity contribution in [1.82, 2.24) is 10.2 Å². The molecule has 0 saturated carbocycles. The van der Waals surface area contributed by atoms with Gasteiger partial charge in [0, 0.05) is 6.07 Å². The Balaban J connectivity index is 2.85. The van der Waals surface area contributed by atoms with Crippen molar-refractivity contribution in [2.75, 3.05) is 6.26 Å². The highest BCUT2D eigenvalue weighted by Gasteiger charge is 2.04. The van der Waals surface area contributed by atoms with E-state index >= 15 is 0 Å². The van der Waals surface area contributed by atoms with Gasteiger partial charge in [-0.15, -0.1) is 5.10 Å². The van der Waals surface area contributed by atoms with Gasteiger partial charge in [0.1, 0.15) is 0 Å². The van der Waals surface area contributed by atoms with Gasteiger partial charge in [-0.1, -0.05) is 0 Å². The minimum Gasteiger partial charge on any atom is -0.360 e. The molecule has 6 heteroatoms. The third kappa shape index (κ3) is 2.83. The van der Waals surface area contributed by atoms with E-state index in [2.05, 4.69) is 14.4 Å². The predicted molar refractivity (Wildman–Crippen MR) is 42.2 cm³/mol. The maximum absolute atomic E-state index is 10.6. The Hall–Kier alpha value is -1.17. The molecule has 0 aliphatic carbocycles. The van der Waals surface area contributed by atoms with Gasteiger partial charge in [-0.25, -0.2) is 0 Å². The topological polar surface area (TPSA) is 69.2 Å². The van der Waals surface area contributed by atoms with E-state index in [4.69, 9.17) is 0 Å². The van der Waals surface area contributed by atoms with E-state index in [9.17, 15) is 8.42 Å². The molecule has 0 amide bonds. The maximum atomic E-state index is 10.6. The summed E-state index contributed by atoms with van der Waals surface area (Å²) in [5, 5.41) is 7.14. The molecule has 1 aromatic rings. The summed E-state index contributed by atoms with van der Waals surface area (Å²) in [6.45, 7) is 1.75. The Bertz CT molecular complexity index is 357. The molecule has 0 spiro atoms. The minimum absolute atomic E-state index is 0.0110. The molecule has 12 heavy (non-hydrogen) atoms. The normalized spacial score (nSPS) is 11.2. The van der Waals surface area contributed by atoms with Crippen LogP contribution in [0.2, 0.25) is 0 Å². The van der Waals surface area contributed by atoms with Crippen molar-refractivity contribution in [3.8, 4) is 5.88 Å². The second kappa shape index (κ2) is 3.06. The summed E-state index contributed by atoms with van der Waals surface area (Å²) in [6.07, 6.45) is 0.953. The second-order valence-corrected chi connectivity index (χ2v) is 3.88. The molecule has 1 rings (SSSR count). The lowest BCUT2D eigenvalue weighted by atomic mass is 10.4. The van der Waals surface area contributed by atoms with Crippen molar-refractivity contribution < 1.29 is 12.6 Å². The van der Waals surface area contributed by atoms with Gasteiger partial charge in [0.05, 0.1) is 11.9 Å². The minimum atomic E-state index is -3.49. The fourth-order valence-electron chi connectivity index (χ4n) is 0.586. The molecular weight excluding hydrogens is 180 g/mol. The summed E-state index contributed by atoms with van der Waals surface area (Å²) in [4.78, 5) is 0. The van der Waals surface area contributed by atoms with Crippen LogP contribution in [0, 0.1) is 6.92 Å². The Morgan fingerprint density at radius 1 is 1.33 bits per heavy atom. The molecular formula is C6H8N2O3S. The van der Waals surface area contributed by atoms with Crippen molar-refractivity contribution in [3.63, 3.8) is 0 Å².